The maximum Gasteiger partial charge on any atom is 0.262 e. The fourth-order valence-corrected chi connectivity index (χ4v) is 2.70. The Balaban J connectivity index is 2.05. The SMILES string of the molecule is CC(C)C(NC(=O)c1ccccc1F)C(=O)NN=Cc1ccc(Cl)cc1Cl. The zero-order chi connectivity index (χ0) is 20.0. The van der Waals surface area contributed by atoms with E-state index in [1.54, 1.807) is 38.1 Å². The van der Waals surface area contributed by atoms with Gasteiger partial charge < -0.3 is 5.32 Å². The van der Waals surface area contributed by atoms with E-state index >= 15 is 0 Å². The molecule has 27 heavy (non-hydrogen) atoms. The first kappa shape index (κ1) is 20.9. The molecule has 0 radical (unpaired) electrons. The molecule has 2 amide bonds. The lowest BCUT2D eigenvalue weighted by Gasteiger charge is -2.20. The van der Waals surface area contributed by atoms with Crippen LogP contribution in [-0.2, 0) is 4.79 Å². The summed E-state index contributed by atoms with van der Waals surface area (Å²) in [6.07, 6.45) is 1.37. The van der Waals surface area contributed by atoms with Crippen LogP contribution in [0.4, 0.5) is 4.39 Å². The van der Waals surface area contributed by atoms with Crippen molar-refractivity contribution in [3.63, 3.8) is 0 Å². The Bertz CT molecular complexity index is 872. The zero-order valence-corrected chi connectivity index (χ0v) is 16.2. The first-order valence-corrected chi connectivity index (χ1v) is 8.88. The van der Waals surface area contributed by atoms with E-state index in [2.05, 4.69) is 15.8 Å². The minimum atomic E-state index is -0.894. The number of hydrazone groups is 1. The highest BCUT2D eigenvalue weighted by Gasteiger charge is 2.25. The van der Waals surface area contributed by atoms with Gasteiger partial charge in [-0.1, -0.05) is 55.2 Å². The van der Waals surface area contributed by atoms with E-state index in [-0.39, 0.29) is 11.5 Å². The normalized spacial score (nSPS) is 12.2. The molecule has 2 rings (SSSR count). The van der Waals surface area contributed by atoms with E-state index in [9.17, 15) is 14.0 Å². The summed E-state index contributed by atoms with van der Waals surface area (Å²) in [5.41, 5.74) is 2.79. The summed E-state index contributed by atoms with van der Waals surface area (Å²) < 4.78 is 13.7. The van der Waals surface area contributed by atoms with Gasteiger partial charge in [0, 0.05) is 10.6 Å². The van der Waals surface area contributed by atoms with Crippen LogP contribution < -0.4 is 10.7 Å². The number of nitrogens with zero attached hydrogens (tertiary/aromatic N) is 1. The van der Waals surface area contributed by atoms with Crippen LogP contribution in [0.15, 0.2) is 47.6 Å². The Kier molecular flexibility index (Phi) is 7.33. The van der Waals surface area contributed by atoms with Crippen LogP contribution in [0, 0.1) is 11.7 Å². The molecule has 0 heterocycles. The molecule has 0 aliphatic heterocycles. The third-order valence-electron chi connectivity index (χ3n) is 3.70. The first-order chi connectivity index (χ1) is 12.8. The molecule has 8 heteroatoms. The van der Waals surface area contributed by atoms with Gasteiger partial charge in [0.2, 0.25) is 0 Å². The number of carbonyl (C=O) groups is 2. The molecular weight excluding hydrogens is 392 g/mol. The maximum absolute atomic E-state index is 13.7. The van der Waals surface area contributed by atoms with Crippen LogP contribution >= 0.6 is 23.2 Å². The minimum absolute atomic E-state index is 0.132. The number of amides is 2. The maximum atomic E-state index is 13.7. The summed E-state index contributed by atoms with van der Waals surface area (Å²) in [5.74, 6) is -2.11. The molecule has 0 fully saturated rings. The molecular formula is C19H18Cl2FN3O2. The number of benzene rings is 2. The molecule has 0 saturated heterocycles. The number of halogens is 3. The molecule has 5 nitrogen and oxygen atoms in total. The van der Waals surface area contributed by atoms with E-state index in [0.717, 1.165) is 0 Å². The number of hydrogen-bond acceptors (Lipinski definition) is 3. The quantitative estimate of drug-likeness (QED) is 0.558. The third kappa shape index (κ3) is 5.77. The van der Waals surface area contributed by atoms with Crippen molar-refractivity contribution in [2.24, 2.45) is 11.0 Å². The van der Waals surface area contributed by atoms with Crippen LogP contribution in [0.5, 0.6) is 0 Å². The van der Waals surface area contributed by atoms with Crippen molar-refractivity contribution < 1.29 is 14.0 Å². The summed E-state index contributed by atoms with van der Waals surface area (Å²) in [6, 6.07) is 9.51. The van der Waals surface area contributed by atoms with E-state index in [4.69, 9.17) is 23.2 Å². The van der Waals surface area contributed by atoms with Crippen molar-refractivity contribution in [1.82, 2.24) is 10.7 Å². The van der Waals surface area contributed by atoms with E-state index < -0.39 is 23.7 Å². The fraction of sp³-hybridized carbons (Fsp3) is 0.211. The van der Waals surface area contributed by atoms with E-state index in [1.165, 1.54) is 24.4 Å². The predicted molar refractivity (Wildman–Crippen MR) is 105 cm³/mol. The molecule has 2 aromatic carbocycles. The van der Waals surface area contributed by atoms with Gasteiger partial charge in [0.25, 0.3) is 11.8 Å². The van der Waals surface area contributed by atoms with Crippen LogP contribution in [-0.4, -0.2) is 24.1 Å². The third-order valence-corrected chi connectivity index (χ3v) is 4.26. The Morgan fingerprint density at radius 2 is 1.85 bits per heavy atom. The smallest absolute Gasteiger partial charge is 0.262 e. The van der Waals surface area contributed by atoms with Crippen molar-refractivity contribution >= 4 is 41.2 Å². The number of nitrogens with one attached hydrogen (secondary N) is 2. The van der Waals surface area contributed by atoms with Gasteiger partial charge in [0.15, 0.2) is 0 Å². The van der Waals surface area contributed by atoms with Crippen LogP contribution in [0.3, 0.4) is 0 Å². The summed E-state index contributed by atoms with van der Waals surface area (Å²) in [5, 5.41) is 7.25. The topological polar surface area (TPSA) is 70.6 Å². The lowest BCUT2D eigenvalue weighted by molar-refractivity contribution is -0.123. The zero-order valence-electron chi connectivity index (χ0n) is 14.7. The Hall–Kier alpha value is -2.44. The predicted octanol–water partition coefficient (Wildman–Crippen LogP) is 4.04. The van der Waals surface area contributed by atoms with Crippen LogP contribution in [0.1, 0.15) is 29.8 Å². The lowest BCUT2D eigenvalue weighted by Crippen LogP contribution is -2.48. The second-order valence-electron chi connectivity index (χ2n) is 6.08. The number of carbonyl (C=O) groups excluding carboxylic acids is 2. The average molecular weight is 410 g/mol. The molecule has 2 aromatic rings. The molecule has 0 aliphatic carbocycles. The Morgan fingerprint density at radius 3 is 2.48 bits per heavy atom. The highest BCUT2D eigenvalue weighted by atomic mass is 35.5. The van der Waals surface area contributed by atoms with Gasteiger partial charge >= 0.3 is 0 Å². The first-order valence-electron chi connectivity index (χ1n) is 8.13. The standard InChI is InChI=1S/C19H18Cl2FN3O2/c1-11(2)17(24-18(26)14-5-3-4-6-16(14)22)19(27)25-23-10-12-7-8-13(20)9-15(12)21/h3-11,17H,1-2H3,(H,24,26)(H,25,27). The van der Waals surface area contributed by atoms with E-state index in [0.29, 0.717) is 15.6 Å². The fourth-order valence-electron chi connectivity index (χ4n) is 2.24. The molecule has 0 spiro atoms. The second kappa shape index (κ2) is 9.48. The molecule has 1 atom stereocenters. The molecule has 0 saturated carbocycles. The average Bonchev–Trinajstić information content (AvgIpc) is 2.61. The van der Waals surface area contributed by atoms with E-state index in [1.807, 2.05) is 0 Å². The second-order valence-corrected chi connectivity index (χ2v) is 6.92. The minimum Gasteiger partial charge on any atom is -0.340 e. The molecule has 0 aliphatic rings. The molecule has 142 valence electrons. The van der Waals surface area contributed by atoms with Gasteiger partial charge in [-0.3, -0.25) is 9.59 Å². The molecule has 2 N–H and O–H groups in total. The van der Waals surface area contributed by atoms with Gasteiger partial charge in [-0.2, -0.15) is 5.10 Å². The van der Waals surface area contributed by atoms with Crippen molar-refractivity contribution in [2.75, 3.05) is 0 Å². The highest BCUT2D eigenvalue weighted by Crippen LogP contribution is 2.19. The summed E-state index contributed by atoms with van der Waals surface area (Å²) in [7, 11) is 0. The Labute approximate surface area is 166 Å². The van der Waals surface area contributed by atoms with Gasteiger partial charge in [-0.25, -0.2) is 9.82 Å². The summed E-state index contributed by atoms with van der Waals surface area (Å²) >= 11 is 11.9. The van der Waals surface area contributed by atoms with Gasteiger partial charge in [0.05, 0.1) is 16.8 Å². The summed E-state index contributed by atoms with van der Waals surface area (Å²) in [4.78, 5) is 24.6. The van der Waals surface area contributed by atoms with Gasteiger partial charge in [-0.15, -0.1) is 0 Å². The molecule has 1 unspecified atom stereocenters. The molecule has 0 bridgehead atoms. The van der Waals surface area contributed by atoms with Crippen molar-refractivity contribution in [3.05, 3.63) is 69.5 Å². The molecule has 0 aromatic heterocycles. The van der Waals surface area contributed by atoms with Gasteiger partial charge in [0.1, 0.15) is 11.9 Å². The highest BCUT2D eigenvalue weighted by molar-refractivity contribution is 6.36. The number of hydrogen-bond donors (Lipinski definition) is 2. The lowest BCUT2D eigenvalue weighted by atomic mass is 10.0. The monoisotopic (exact) mass is 409 g/mol. The van der Waals surface area contributed by atoms with Crippen LogP contribution in [0.25, 0.3) is 0 Å². The number of rotatable bonds is 6. The Morgan fingerprint density at radius 1 is 1.15 bits per heavy atom. The van der Waals surface area contributed by atoms with Crippen molar-refractivity contribution in [1.29, 1.82) is 0 Å². The van der Waals surface area contributed by atoms with Crippen molar-refractivity contribution in [2.45, 2.75) is 19.9 Å². The van der Waals surface area contributed by atoms with Crippen molar-refractivity contribution in [3.8, 4) is 0 Å². The largest absolute Gasteiger partial charge is 0.340 e. The summed E-state index contributed by atoms with van der Waals surface area (Å²) in [6.45, 7) is 3.51. The van der Waals surface area contributed by atoms with Crippen LogP contribution in [0.2, 0.25) is 10.0 Å². The van der Waals surface area contributed by atoms with Gasteiger partial charge in [-0.05, 0) is 30.2 Å².